The number of hydrogen-bond donors (Lipinski definition) is 0. The summed E-state index contributed by atoms with van der Waals surface area (Å²) in [4.78, 5) is -0.0482. The first-order chi connectivity index (χ1) is 12.4. The summed E-state index contributed by atoms with van der Waals surface area (Å²) in [7, 11) is -4.02. The average Bonchev–Trinajstić information content (AvgIpc) is 2.62. The van der Waals surface area contributed by atoms with E-state index >= 15 is 0 Å². The molecule has 0 heterocycles. The van der Waals surface area contributed by atoms with Crippen molar-refractivity contribution < 1.29 is 12.8 Å². The number of benzene rings is 3. The topological polar surface area (TPSA) is 37.4 Å². The van der Waals surface area contributed by atoms with Gasteiger partial charge < -0.3 is 0 Å². The Morgan fingerprint density at radius 2 is 1.46 bits per heavy atom. The van der Waals surface area contributed by atoms with Gasteiger partial charge >= 0.3 is 0 Å². The van der Waals surface area contributed by atoms with Crippen molar-refractivity contribution in [1.29, 1.82) is 0 Å². The first-order valence-corrected chi connectivity index (χ1v) is 9.85. The first kappa shape index (κ1) is 18.7. The number of rotatable bonds is 5. The van der Waals surface area contributed by atoms with Crippen LogP contribution in [0, 0.1) is 5.82 Å². The average molecular weight is 410 g/mol. The number of halogens is 3. The maximum absolute atomic E-state index is 14.1. The summed E-state index contributed by atoms with van der Waals surface area (Å²) in [5.41, 5.74) is 0.607. The molecule has 0 aliphatic carbocycles. The molecule has 26 heavy (non-hydrogen) atoms. The summed E-state index contributed by atoms with van der Waals surface area (Å²) in [5.74, 6) is -0.485. The van der Waals surface area contributed by atoms with E-state index in [4.69, 9.17) is 23.2 Å². The Kier molecular flexibility index (Phi) is 5.51. The molecule has 0 aliphatic heterocycles. The van der Waals surface area contributed by atoms with E-state index < -0.39 is 15.8 Å². The van der Waals surface area contributed by atoms with Gasteiger partial charge in [-0.3, -0.25) is 4.31 Å². The summed E-state index contributed by atoms with van der Waals surface area (Å²) >= 11 is 12.0. The van der Waals surface area contributed by atoms with Crippen molar-refractivity contribution in [3.63, 3.8) is 0 Å². The fourth-order valence-electron chi connectivity index (χ4n) is 2.48. The third-order valence-electron chi connectivity index (χ3n) is 3.79. The molecule has 0 fully saturated rings. The van der Waals surface area contributed by atoms with Crippen LogP contribution in [0.2, 0.25) is 10.0 Å². The molecule has 0 saturated heterocycles. The molecule has 0 bridgehead atoms. The number of anilines is 1. The Balaban J connectivity index is 2.13. The molecule has 0 atom stereocenters. The zero-order valence-corrected chi connectivity index (χ0v) is 15.8. The van der Waals surface area contributed by atoms with Crippen molar-refractivity contribution in [3.8, 4) is 0 Å². The molecule has 0 N–H and O–H groups in total. The number of hydrogen-bond acceptors (Lipinski definition) is 2. The Bertz CT molecular complexity index is 1020. The first-order valence-electron chi connectivity index (χ1n) is 7.66. The Morgan fingerprint density at radius 3 is 2.12 bits per heavy atom. The summed E-state index contributed by atoms with van der Waals surface area (Å²) in [6.07, 6.45) is 0. The molecule has 3 rings (SSSR count). The SMILES string of the molecule is O=S(=O)(c1ccccc1Cl)N(Cc1ccccc1F)c1ccc(Cl)cc1. The zero-order valence-electron chi connectivity index (χ0n) is 13.4. The molecular weight excluding hydrogens is 396 g/mol. The van der Waals surface area contributed by atoms with Crippen molar-refractivity contribution in [2.24, 2.45) is 0 Å². The quantitative estimate of drug-likeness (QED) is 0.555. The Labute approximate surface area is 161 Å². The third kappa shape index (κ3) is 3.85. The van der Waals surface area contributed by atoms with Gasteiger partial charge in [0, 0.05) is 10.6 Å². The second-order valence-corrected chi connectivity index (χ2v) is 8.18. The van der Waals surface area contributed by atoms with Crippen LogP contribution in [-0.4, -0.2) is 8.42 Å². The van der Waals surface area contributed by atoms with Gasteiger partial charge in [-0.25, -0.2) is 12.8 Å². The van der Waals surface area contributed by atoms with Crippen LogP contribution in [0.1, 0.15) is 5.56 Å². The predicted molar refractivity (Wildman–Crippen MR) is 103 cm³/mol. The second-order valence-electron chi connectivity index (χ2n) is 5.51. The Morgan fingerprint density at radius 1 is 0.846 bits per heavy atom. The lowest BCUT2D eigenvalue weighted by Gasteiger charge is -2.25. The normalized spacial score (nSPS) is 11.3. The van der Waals surface area contributed by atoms with Crippen molar-refractivity contribution in [2.75, 3.05) is 4.31 Å². The highest BCUT2D eigenvalue weighted by molar-refractivity contribution is 7.93. The molecule has 0 saturated carbocycles. The monoisotopic (exact) mass is 409 g/mol. The fourth-order valence-corrected chi connectivity index (χ4v) is 4.54. The largest absolute Gasteiger partial charge is 0.266 e. The zero-order chi connectivity index (χ0) is 18.7. The molecule has 7 heteroatoms. The van der Waals surface area contributed by atoms with E-state index in [1.54, 1.807) is 54.6 Å². The highest BCUT2D eigenvalue weighted by atomic mass is 35.5. The molecule has 0 aliphatic rings. The van der Waals surface area contributed by atoms with Gasteiger partial charge in [-0.15, -0.1) is 0 Å². The van der Waals surface area contributed by atoms with Crippen LogP contribution in [0.25, 0.3) is 0 Å². The molecular formula is C19H14Cl2FNO2S. The van der Waals surface area contributed by atoms with E-state index in [1.807, 2.05) is 0 Å². The maximum Gasteiger partial charge on any atom is 0.266 e. The van der Waals surface area contributed by atoms with E-state index in [2.05, 4.69) is 0 Å². The van der Waals surface area contributed by atoms with E-state index in [-0.39, 0.29) is 22.0 Å². The predicted octanol–water partition coefficient (Wildman–Crippen LogP) is 5.53. The smallest absolute Gasteiger partial charge is 0.262 e. The molecule has 3 aromatic carbocycles. The fraction of sp³-hybridized carbons (Fsp3) is 0.0526. The lowest BCUT2D eigenvalue weighted by Crippen LogP contribution is -2.31. The van der Waals surface area contributed by atoms with Gasteiger partial charge in [0.2, 0.25) is 0 Å². The molecule has 0 radical (unpaired) electrons. The minimum absolute atomic E-state index is 0.0482. The molecule has 3 aromatic rings. The van der Waals surface area contributed by atoms with Crippen LogP contribution in [0.3, 0.4) is 0 Å². The summed E-state index contributed by atoms with van der Waals surface area (Å²) in [6, 6.07) is 18.5. The molecule has 134 valence electrons. The molecule has 3 nitrogen and oxygen atoms in total. The molecule has 0 aromatic heterocycles. The number of sulfonamides is 1. The van der Waals surface area contributed by atoms with Crippen LogP contribution in [0.5, 0.6) is 0 Å². The van der Waals surface area contributed by atoms with Gasteiger partial charge in [-0.1, -0.05) is 53.5 Å². The van der Waals surface area contributed by atoms with Crippen LogP contribution in [0.15, 0.2) is 77.7 Å². The summed E-state index contributed by atoms with van der Waals surface area (Å²) in [5, 5.41) is 0.565. The standard InChI is InChI=1S/C19H14Cl2FNO2S/c20-15-9-11-16(12-10-15)23(13-14-5-1-3-7-18(14)22)26(24,25)19-8-4-2-6-17(19)21/h1-12H,13H2. The lowest BCUT2D eigenvalue weighted by atomic mass is 10.2. The molecule has 0 spiro atoms. The maximum atomic E-state index is 14.1. The van der Waals surface area contributed by atoms with Crippen LogP contribution in [0.4, 0.5) is 10.1 Å². The second kappa shape index (κ2) is 7.66. The third-order valence-corrected chi connectivity index (χ3v) is 6.32. The van der Waals surface area contributed by atoms with Crippen molar-refractivity contribution in [3.05, 3.63) is 94.2 Å². The molecule has 0 amide bonds. The van der Waals surface area contributed by atoms with Gasteiger partial charge in [0.1, 0.15) is 10.7 Å². The van der Waals surface area contributed by atoms with Crippen molar-refractivity contribution in [1.82, 2.24) is 0 Å². The van der Waals surface area contributed by atoms with E-state index in [9.17, 15) is 12.8 Å². The number of nitrogens with zero attached hydrogens (tertiary/aromatic N) is 1. The summed E-state index contributed by atoms with van der Waals surface area (Å²) in [6.45, 7) is -0.179. The van der Waals surface area contributed by atoms with Crippen molar-refractivity contribution in [2.45, 2.75) is 11.4 Å². The van der Waals surface area contributed by atoms with Crippen LogP contribution < -0.4 is 4.31 Å². The van der Waals surface area contributed by atoms with E-state index in [0.29, 0.717) is 10.7 Å². The van der Waals surface area contributed by atoms with E-state index in [1.165, 1.54) is 18.2 Å². The van der Waals surface area contributed by atoms with Crippen LogP contribution in [-0.2, 0) is 16.6 Å². The minimum atomic E-state index is -4.02. The Hall–Kier alpha value is -2.08. The molecule has 0 unspecified atom stereocenters. The van der Waals surface area contributed by atoms with Crippen molar-refractivity contribution >= 4 is 38.9 Å². The summed E-state index contributed by atoms with van der Waals surface area (Å²) < 4.78 is 41.7. The van der Waals surface area contributed by atoms with Gasteiger partial charge in [0.15, 0.2) is 0 Å². The van der Waals surface area contributed by atoms with Crippen LogP contribution >= 0.6 is 23.2 Å². The van der Waals surface area contributed by atoms with Gasteiger partial charge in [-0.2, -0.15) is 0 Å². The van der Waals surface area contributed by atoms with Gasteiger partial charge in [-0.05, 0) is 42.5 Å². The van der Waals surface area contributed by atoms with Gasteiger partial charge in [0.25, 0.3) is 10.0 Å². The van der Waals surface area contributed by atoms with E-state index in [0.717, 1.165) is 4.31 Å². The lowest BCUT2D eigenvalue weighted by molar-refractivity contribution is 0.585. The highest BCUT2D eigenvalue weighted by Crippen LogP contribution is 2.31. The minimum Gasteiger partial charge on any atom is -0.262 e. The van der Waals surface area contributed by atoms with Gasteiger partial charge in [0.05, 0.1) is 17.3 Å². The highest BCUT2D eigenvalue weighted by Gasteiger charge is 2.28.